The van der Waals surface area contributed by atoms with E-state index < -0.39 is 29.3 Å². The smallest absolute Gasteiger partial charge is 0.295 e. The number of pyridine rings is 1. The van der Waals surface area contributed by atoms with Crippen molar-refractivity contribution in [1.82, 2.24) is 15.0 Å². The Balaban J connectivity index is 1.84. The van der Waals surface area contributed by atoms with Gasteiger partial charge in [0.1, 0.15) is 17.3 Å². The van der Waals surface area contributed by atoms with Crippen molar-refractivity contribution in [3.8, 4) is 5.82 Å². The zero-order chi connectivity index (χ0) is 20.5. The van der Waals surface area contributed by atoms with Crippen LogP contribution in [0.25, 0.3) is 5.82 Å². The molecule has 2 N–H and O–H groups in total. The second-order valence-electron chi connectivity index (χ2n) is 5.49. The lowest BCUT2D eigenvalue weighted by Crippen LogP contribution is -2.31. The molecule has 1 amide bonds. The zero-order valence-electron chi connectivity index (χ0n) is 13.7. The summed E-state index contributed by atoms with van der Waals surface area (Å²) in [5.74, 6) is -2.42. The van der Waals surface area contributed by atoms with Gasteiger partial charge in [0.05, 0.1) is 16.3 Å². The number of rotatable bonds is 4. The normalized spacial score (nSPS) is 11.4. The summed E-state index contributed by atoms with van der Waals surface area (Å²) in [6.45, 7) is 0. The molecule has 146 valence electrons. The molecule has 3 rings (SSSR count). The number of benzene rings is 1. The molecule has 0 saturated carbocycles. The van der Waals surface area contributed by atoms with E-state index in [4.69, 9.17) is 11.6 Å². The molecule has 2 heterocycles. The molecule has 0 bridgehead atoms. The second-order valence-corrected chi connectivity index (χ2v) is 5.90. The van der Waals surface area contributed by atoms with Gasteiger partial charge in [0, 0.05) is 18.5 Å². The summed E-state index contributed by atoms with van der Waals surface area (Å²) in [5.41, 5.74) is 3.00. The first-order valence-corrected chi connectivity index (χ1v) is 7.96. The van der Waals surface area contributed by atoms with E-state index in [0.29, 0.717) is 12.3 Å². The Kier molecular flexibility index (Phi) is 5.23. The van der Waals surface area contributed by atoms with E-state index >= 15 is 0 Å². The third-order valence-electron chi connectivity index (χ3n) is 3.60. The number of alkyl halides is 3. The highest BCUT2D eigenvalue weighted by atomic mass is 35.5. The molecule has 3 aromatic rings. The van der Waals surface area contributed by atoms with Gasteiger partial charge in [-0.2, -0.15) is 13.2 Å². The number of halogens is 6. The van der Waals surface area contributed by atoms with Gasteiger partial charge in [0.2, 0.25) is 0 Å². The average Bonchev–Trinajstić information content (AvgIpc) is 3.11. The minimum atomic E-state index is -4.62. The fourth-order valence-corrected chi connectivity index (χ4v) is 2.55. The van der Waals surface area contributed by atoms with Crippen molar-refractivity contribution in [3.63, 3.8) is 0 Å². The monoisotopic (exact) mass is 416 g/mol. The molecule has 0 atom stereocenters. The second kappa shape index (κ2) is 7.47. The first-order valence-electron chi connectivity index (χ1n) is 7.58. The molecule has 2 aromatic heterocycles. The lowest BCUT2D eigenvalue weighted by atomic mass is 10.2. The van der Waals surface area contributed by atoms with E-state index in [1.807, 2.05) is 0 Å². The zero-order valence-corrected chi connectivity index (χ0v) is 14.4. The Morgan fingerprint density at radius 1 is 1.14 bits per heavy atom. The molecule has 0 radical (unpaired) electrons. The minimum absolute atomic E-state index is 0.0570. The van der Waals surface area contributed by atoms with Gasteiger partial charge in [-0.1, -0.05) is 11.6 Å². The largest absolute Gasteiger partial charge is 0.417 e. The summed E-state index contributed by atoms with van der Waals surface area (Å²) in [4.78, 5) is 16.0. The fourth-order valence-electron chi connectivity index (χ4n) is 2.30. The summed E-state index contributed by atoms with van der Waals surface area (Å²) in [5, 5.41) is -0.329. The molecule has 0 spiro atoms. The van der Waals surface area contributed by atoms with Crippen molar-refractivity contribution in [2.45, 2.75) is 6.18 Å². The minimum Gasteiger partial charge on any atom is -0.295 e. The topological polar surface area (TPSA) is 59.0 Å². The number of nitrogens with zero attached hydrogens (tertiary/aromatic N) is 2. The Labute approximate surface area is 159 Å². The predicted octanol–water partition coefficient (Wildman–Crippen LogP) is 4.58. The van der Waals surface area contributed by atoms with Gasteiger partial charge in [-0.05, 0) is 30.3 Å². The van der Waals surface area contributed by atoms with Gasteiger partial charge in [0.15, 0.2) is 5.82 Å². The number of hydrogen-bond donors (Lipinski definition) is 2. The van der Waals surface area contributed by atoms with Crippen molar-refractivity contribution >= 4 is 23.2 Å². The third-order valence-corrected chi connectivity index (χ3v) is 3.88. The molecule has 5 nitrogen and oxygen atoms in total. The molecule has 0 aliphatic heterocycles. The van der Waals surface area contributed by atoms with Crippen LogP contribution in [0.15, 0.2) is 48.8 Å². The van der Waals surface area contributed by atoms with Crippen LogP contribution in [-0.2, 0) is 6.18 Å². The van der Waals surface area contributed by atoms with E-state index in [-0.39, 0.29) is 22.2 Å². The van der Waals surface area contributed by atoms with Crippen molar-refractivity contribution in [2.24, 2.45) is 0 Å². The van der Waals surface area contributed by atoms with Crippen LogP contribution < -0.4 is 10.9 Å². The van der Waals surface area contributed by atoms with Gasteiger partial charge in [-0.3, -0.25) is 20.2 Å². The highest BCUT2D eigenvalue weighted by Gasteiger charge is 2.32. The summed E-state index contributed by atoms with van der Waals surface area (Å²) >= 11 is 5.89. The van der Waals surface area contributed by atoms with Gasteiger partial charge >= 0.3 is 6.18 Å². The van der Waals surface area contributed by atoms with Gasteiger partial charge in [0.25, 0.3) is 5.91 Å². The number of carbonyl (C=O) groups excluding carboxylic acids is 1. The number of carbonyl (C=O) groups is 1. The summed E-state index contributed by atoms with van der Waals surface area (Å²) in [6, 6.07) is 6.08. The van der Waals surface area contributed by atoms with Crippen LogP contribution in [0.2, 0.25) is 5.02 Å². The molecule has 0 fully saturated rings. The SMILES string of the molecule is O=C(NNc1cc(F)ccc1F)c1cccn1-c1ncc(C(F)(F)F)cc1Cl. The van der Waals surface area contributed by atoms with Crippen molar-refractivity contribution in [3.05, 3.63) is 76.7 Å². The summed E-state index contributed by atoms with van der Waals surface area (Å²) < 4.78 is 66.1. The highest BCUT2D eigenvalue weighted by molar-refractivity contribution is 6.32. The molecule has 0 saturated heterocycles. The lowest BCUT2D eigenvalue weighted by Gasteiger charge is -2.13. The van der Waals surface area contributed by atoms with Gasteiger partial charge in [-0.15, -0.1) is 0 Å². The van der Waals surface area contributed by atoms with E-state index in [1.54, 1.807) is 0 Å². The van der Waals surface area contributed by atoms with E-state index in [2.05, 4.69) is 15.8 Å². The first kappa shape index (κ1) is 19.6. The van der Waals surface area contributed by atoms with Crippen molar-refractivity contribution in [1.29, 1.82) is 0 Å². The Morgan fingerprint density at radius 2 is 1.89 bits per heavy atom. The van der Waals surface area contributed by atoms with Crippen LogP contribution in [-0.4, -0.2) is 15.5 Å². The number of hydrogen-bond acceptors (Lipinski definition) is 3. The standard InChI is InChI=1S/C17H10ClF5N4O/c18-11-6-9(17(21,22)23)8-24-15(11)27-5-1-2-14(27)16(28)26-25-13-7-10(19)3-4-12(13)20/h1-8,25H,(H,26,28). The number of aromatic nitrogens is 2. The molecule has 0 aliphatic rings. The Morgan fingerprint density at radius 3 is 2.57 bits per heavy atom. The van der Waals surface area contributed by atoms with E-state index in [1.165, 1.54) is 18.3 Å². The molecular weight excluding hydrogens is 407 g/mol. The van der Waals surface area contributed by atoms with Crippen LogP contribution in [0.1, 0.15) is 16.1 Å². The highest BCUT2D eigenvalue weighted by Crippen LogP contribution is 2.32. The average molecular weight is 417 g/mol. The van der Waals surface area contributed by atoms with Crippen LogP contribution >= 0.6 is 11.6 Å². The van der Waals surface area contributed by atoms with E-state index in [0.717, 1.165) is 22.8 Å². The van der Waals surface area contributed by atoms with Gasteiger partial charge in [-0.25, -0.2) is 13.8 Å². The number of nitrogens with one attached hydrogen (secondary N) is 2. The summed E-state index contributed by atoms with van der Waals surface area (Å²) in [6.07, 6.45) is -2.67. The molecule has 11 heteroatoms. The quantitative estimate of drug-likeness (QED) is 0.483. The summed E-state index contributed by atoms with van der Waals surface area (Å²) in [7, 11) is 0. The maximum atomic E-state index is 13.6. The molecular formula is C17H10ClF5N4O. The number of hydrazine groups is 1. The van der Waals surface area contributed by atoms with Crippen LogP contribution in [0.3, 0.4) is 0 Å². The van der Waals surface area contributed by atoms with E-state index in [9.17, 15) is 26.7 Å². The molecule has 0 unspecified atom stereocenters. The predicted molar refractivity (Wildman–Crippen MR) is 91.0 cm³/mol. The Hall–Kier alpha value is -3.14. The lowest BCUT2D eigenvalue weighted by molar-refractivity contribution is -0.137. The van der Waals surface area contributed by atoms with Crippen LogP contribution in [0.5, 0.6) is 0 Å². The molecule has 28 heavy (non-hydrogen) atoms. The maximum absolute atomic E-state index is 13.6. The molecule has 0 aliphatic carbocycles. The van der Waals surface area contributed by atoms with Crippen LogP contribution in [0, 0.1) is 11.6 Å². The van der Waals surface area contributed by atoms with Crippen molar-refractivity contribution < 1.29 is 26.7 Å². The first-order chi connectivity index (χ1) is 13.2. The third kappa shape index (κ3) is 4.06. The Bertz CT molecular complexity index is 1030. The maximum Gasteiger partial charge on any atom is 0.417 e. The number of anilines is 1. The van der Waals surface area contributed by atoms with Gasteiger partial charge < -0.3 is 0 Å². The van der Waals surface area contributed by atoms with Crippen LogP contribution in [0.4, 0.5) is 27.6 Å². The molecule has 1 aromatic carbocycles. The fraction of sp³-hybridized carbons (Fsp3) is 0.0588. The van der Waals surface area contributed by atoms with Crippen molar-refractivity contribution in [2.75, 3.05) is 5.43 Å². The number of amides is 1.